The van der Waals surface area contributed by atoms with Gasteiger partial charge in [-0.2, -0.15) is 0 Å². The summed E-state index contributed by atoms with van der Waals surface area (Å²) in [5.74, 6) is -0.209. The van der Waals surface area contributed by atoms with E-state index in [0.717, 1.165) is 5.56 Å². The Labute approximate surface area is 143 Å². The van der Waals surface area contributed by atoms with E-state index < -0.39 is 4.89 Å². The molecule has 2 aromatic carbocycles. The molecule has 1 amide bonds. The minimum absolute atomic E-state index is 0.0894. The summed E-state index contributed by atoms with van der Waals surface area (Å²) in [6.07, 6.45) is 3.45. The average Bonchev–Trinajstić information content (AvgIpc) is 2.50. The SMILES string of the molecule is Nc1ccc(O)cc1C=CC(=O)Nc1ccc(CC(O)[As])cc1. The normalized spacial score (nSPS) is 12.3. The molecule has 118 valence electrons. The van der Waals surface area contributed by atoms with Crippen molar-refractivity contribution in [2.45, 2.75) is 11.3 Å². The van der Waals surface area contributed by atoms with Crippen LogP contribution in [0.15, 0.2) is 48.5 Å². The third kappa shape index (κ3) is 5.47. The first-order chi connectivity index (χ1) is 10.9. The monoisotopic (exact) mass is 372 g/mol. The third-order valence-corrected chi connectivity index (χ3v) is 3.51. The maximum atomic E-state index is 11.9. The topological polar surface area (TPSA) is 95.6 Å². The minimum atomic E-state index is -0.460. The fourth-order valence-corrected chi connectivity index (χ4v) is 2.43. The summed E-state index contributed by atoms with van der Waals surface area (Å²) >= 11 is 2.18. The number of aliphatic hydroxyl groups excluding tert-OH is 1. The van der Waals surface area contributed by atoms with E-state index in [4.69, 9.17) is 5.73 Å². The number of phenols is 1. The fraction of sp³-hybridized carbons (Fsp3) is 0.118. The van der Waals surface area contributed by atoms with E-state index in [1.165, 1.54) is 18.2 Å². The van der Waals surface area contributed by atoms with Gasteiger partial charge < -0.3 is 10.8 Å². The molecular formula is C17H17AsN2O3. The average molecular weight is 372 g/mol. The number of carbonyl (C=O) groups is 1. The number of phenolic OH excluding ortho intramolecular Hbond substituents is 1. The molecule has 0 aromatic heterocycles. The van der Waals surface area contributed by atoms with Crippen LogP contribution in [0.1, 0.15) is 11.1 Å². The summed E-state index contributed by atoms with van der Waals surface area (Å²) in [7, 11) is 0. The first-order valence-corrected chi connectivity index (χ1v) is 8.05. The Hall–Kier alpha value is -2.23. The van der Waals surface area contributed by atoms with Crippen molar-refractivity contribution in [2.24, 2.45) is 0 Å². The van der Waals surface area contributed by atoms with Crippen molar-refractivity contribution in [3.8, 4) is 5.75 Å². The van der Waals surface area contributed by atoms with Crippen LogP contribution in [-0.4, -0.2) is 37.9 Å². The zero-order valence-corrected chi connectivity index (χ0v) is 14.2. The van der Waals surface area contributed by atoms with Crippen LogP contribution in [0.4, 0.5) is 11.4 Å². The molecule has 1 atom stereocenters. The fourth-order valence-electron chi connectivity index (χ4n) is 1.99. The molecule has 0 aliphatic rings. The van der Waals surface area contributed by atoms with Gasteiger partial charge in [-0.1, -0.05) is 0 Å². The first kappa shape index (κ1) is 17.1. The van der Waals surface area contributed by atoms with Gasteiger partial charge in [0.2, 0.25) is 0 Å². The molecule has 0 aliphatic carbocycles. The number of nitrogens with one attached hydrogen (secondary N) is 1. The predicted molar refractivity (Wildman–Crippen MR) is 92.1 cm³/mol. The van der Waals surface area contributed by atoms with Crippen LogP contribution in [0.3, 0.4) is 0 Å². The second-order valence-corrected chi connectivity index (χ2v) is 6.27. The summed E-state index contributed by atoms with van der Waals surface area (Å²) in [6, 6.07) is 11.8. The van der Waals surface area contributed by atoms with Crippen molar-refractivity contribution in [3.63, 3.8) is 0 Å². The summed E-state index contributed by atoms with van der Waals surface area (Å²) in [6.45, 7) is 0. The molecule has 5 nitrogen and oxygen atoms in total. The summed E-state index contributed by atoms with van der Waals surface area (Å²) in [5.41, 5.74) is 8.47. The summed E-state index contributed by atoms with van der Waals surface area (Å²) < 4.78 is 0. The Morgan fingerprint density at radius 2 is 1.96 bits per heavy atom. The van der Waals surface area contributed by atoms with Crippen molar-refractivity contribution in [1.82, 2.24) is 0 Å². The molecule has 0 saturated heterocycles. The summed E-state index contributed by atoms with van der Waals surface area (Å²) in [5, 5.41) is 21.5. The Bertz CT molecular complexity index is 712. The van der Waals surface area contributed by atoms with Gasteiger partial charge >= 0.3 is 114 Å². The van der Waals surface area contributed by atoms with Gasteiger partial charge in [-0.25, -0.2) is 0 Å². The molecule has 0 saturated carbocycles. The van der Waals surface area contributed by atoms with E-state index in [9.17, 15) is 15.0 Å². The number of rotatable bonds is 5. The Kier molecular flexibility index (Phi) is 5.85. The van der Waals surface area contributed by atoms with E-state index in [-0.39, 0.29) is 11.7 Å². The number of hydrogen-bond donors (Lipinski definition) is 4. The number of amides is 1. The molecule has 0 fully saturated rings. The van der Waals surface area contributed by atoms with E-state index in [0.29, 0.717) is 23.4 Å². The molecule has 2 aromatic rings. The van der Waals surface area contributed by atoms with Crippen LogP contribution in [0.5, 0.6) is 5.75 Å². The number of aliphatic hydroxyl groups is 1. The Balaban J connectivity index is 1.99. The number of anilines is 2. The van der Waals surface area contributed by atoms with Crippen molar-refractivity contribution in [3.05, 3.63) is 59.7 Å². The van der Waals surface area contributed by atoms with Crippen LogP contribution < -0.4 is 11.1 Å². The van der Waals surface area contributed by atoms with Crippen molar-refractivity contribution in [2.75, 3.05) is 11.1 Å². The van der Waals surface area contributed by atoms with Crippen LogP contribution in [0.2, 0.25) is 0 Å². The second-order valence-electron chi connectivity index (χ2n) is 5.02. The van der Waals surface area contributed by atoms with E-state index in [2.05, 4.69) is 22.2 Å². The number of benzene rings is 2. The van der Waals surface area contributed by atoms with Gasteiger partial charge in [0.1, 0.15) is 5.75 Å². The molecule has 23 heavy (non-hydrogen) atoms. The van der Waals surface area contributed by atoms with Gasteiger partial charge in [0.05, 0.1) is 0 Å². The molecular weight excluding hydrogens is 355 g/mol. The molecule has 2 rings (SSSR count). The molecule has 0 heterocycles. The zero-order valence-electron chi connectivity index (χ0n) is 12.3. The molecule has 6 heteroatoms. The van der Waals surface area contributed by atoms with E-state index in [1.54, 1.807) is 24.3 Å². The first-order valence-electron chi connectivity index (χ1n) is 6.96. The number of carbonyl (C=O) groups excluding carboxylic acids is 1. The van der Waals surface area contributed by atoms with Crippen molar-refractivity contribution < 1.29 is 15.0 Å². The van der Waals surface area contributed by atoms with E-state index >= 15 is 0 Å². The molecule has 0 spiro atoms. The van der Waals surface area contributed by atoms with Crippen LogP contribution >= 0.6 is 0 Å². The molecule has 5 N–H and O–H groups in total. The number of hydrogen-bond acceptors (Lipinski definition) is 4. The summed E-state index contributed by atoms with van der Waals surface area (Å²) in [4.78, 5) is 11.4. The van der Waals surface area contributed by atoms with Gasteiger partial charge in [0.15, 0.2) is 0 Å². The quantitative estimate of drug-likeness (QED) is 0.278. The molecule has 2 radical (unpaired) electrons. The number of nitrogen functional groups attached to an aromatic ring is 1. The number of aromatic hydroxyl groups is 1. The molecule has 0 aliphatic heterocycles. The van der Waals surface area contributed by atoms with Crippen molar-refractivity contribution in [1.29, 1.82) is 0 Å². The van der Waals surface area contributed by atoms with Gasteiger partial charge in [-0.05, 0) is 12.1 Å². The maximum absolute atomic E-state index is 11.9. The van der Waals surface area contributed by atoms with Gasteiger partial charge in [0.25, 0.3) is 0 Å². The Morgan fingerprint density at radius 1 is 1.26 bits per heavy atom. The third-order valence-electron chi connectivity index (χ3n) is 3.12. The number of nitrogens with two attached hydrogens (primary N) is 1. The van der Waals surface area contributed by atoms with Gasteiger partial charge in [-0.15, -0.1) is 0 Å². The second kappa shape index (κ2) is 7.86. The van der Waals surface area contributed by atoms with Gasteiger partial charge in [-0.3, -0.25) is 0 Å². The van der Waals surface area contributed by atoms with Gasteiger partial charge in [0, 0.05) is 0 Å². The molecule has 0 bridgehead atoms. The Morgan fingerprint density at radius 3 is 2.61 bits per heavy atom. The zero-order chi connectivity index (χ0) is 16.8. The van der Waals surface area contributed by atoms with Crippen molar-refractivity contribution >= 4 is 40.2 Å². The predicted octanol–water partition coefficient (Wildman–Crippen LogP) is 1.66. The van der Waals surface area contributed by atoms with Crippen LogP contribution in [0.25, 0.3) is 6.08 Å². The molecule has 1 unspecified atom stereocenters. The van der Waals surface area contributed by atoms with Crippen LogP contribution in [-0.2, 0) is 11.2 Å². The standard InChI is InChI=1S/C17H17AsN2O3/c18-16(22)9-11-1-4-13(5-2-11)20-17(23)8-3-12-10-14(21)6-7-15(12)19/h1-8,10,16,21-22H,9,19H2,(H,20,23). The van der Waals surface area contributed by atoms with Crippen LogP contribution in [0, 0.1) is 0 Å². The van der Waals surface area contributed by atoms with E-state index in [1.807, 2.05) is 12.1 Å².